The van der Waals surface area contributed by atoms with Crippen molar-refractivity contribution in [1.29, 1.82) is 0 Å². The van der Waals surface area contributed by atoms with Crippen LogP contribution in [0.1, 0.15) is 46.5 Å². The molecule has 0 aromatic carbocycles. The highest BCUT2D eigenvalue weighted by Crippen LogP contribution is 2.11. The second kappa shape index (κ2) is 5.61. The van der Waals surface area contributed by atoms with Crippen LogP contribution in [0.25, 0.3) is 0 Å². The molecule has 1 heterocycles. The fourth-order valence-corrected chi connectivity index (χ4v) is 2.06. The average Bonchev–Trinajstić information content (AvgIpc) is 2.56. The van der Waals surface area contributed by atoms with Crippen molar-refractivity contribution in [2.75, 3.05) is 6.54 Å². The van der Waals surface area contributed by atoms with Gasteiger partial charge < -0.3 is 10.6 Å². The van der Waals surface area contributed by atoms with Crippen LogP contribution in [0.2, 0.25) is 0 Å². The van der Waals surface area contributed by atoms with Gasteiger partial charge in [-0.1, -0.05) is 6.92 Å². The number of hydrogen-bond donors (Lipinski definition) is 2. The summed E-state index contributed by atoms with van der Waals surface area (Å²) < 4.78 is 0. The fourth-order valence-electron chi connectivity index (χ4n) is 2.06. The Kier molecular flexibility index (Phi) is 4.74. The predicted octanol–water partition coefficient (Wildman–Crippen LogP) is 1.91. The molecule has 1 aliphatic rings. The summed E-state index contributed by atoms with van der Waals surface area (Å²) in [6.07, 6.45) is 5.24. The minimum Gasteiger partial charge on any atom is -0.314 e. The standard InChI is InChI=1S/C11H24N2/c1-4-9(2)13-10(3)8-11-6-5-7-12-11/h9-13H,4-8H2,1-3H3. The summed E-state index contributed by atoms with van der Waals surface area (Å²) in [5.41, 5.74) is 0. The first-order valence-corrected chi connectivity index (χ1v) is 5.71. The van der Waals surface area contributed by atoms with Crippen LogP contribution >= 0.6 is 0 Å². The van der Waals surface area contributed by atoms with Crippen LogP contribution in [0.5, 0.6) is 0 Å². The van der Waals surface area contributed by atoms with Crippen molar-refractivity contribution in [2.45, 2.75) is 64.6 Å². The predicted molar refractivity (Wildman–Crippen MR) is 58.0 cm³/mol. The Morgan fingerprint density at radius 2 is 2.15 bits per heavy atom. The molecule has 0 aromatic rings. The maximum absolute atomic E-state index is 3.62. The van der Waals surface area contributed by atoms with E-state index < -0.39 is 0 Å². The largest absolute Gasteiger partial charge is 0.314 e. The number of hydrogen-bond acceptors (Lipinski definition) is 2. The third-order valence-electron chi connectivity index (χ3n) is 2.98. The maximum atomic E-state index is 3.62. The molecule has 0 radical (unpaired) electrons. The second-order valence-electron chi connectivity index (χ2n) is 4.41. The van der Waals surface area contributed by atoms with Crippen molar-refractivity contribution in [3.8, 4) is 0 Å². The number of nitrogens with one attached hydrogen (secondary N) is 2. The molecule has 0 aromatic heterocycles. The molecule has 1 rings (SSSR count). The van der Waals surface area contributed by atoms with Crippen molar-refractivity contribution in [3.05, 3.63) is 0 Å². The first kappa shape index (κ1) is 11.0. The Morgan fingerprint density at radius 1 is 1.38 bits per heavy atom. The van der Waals surface area contributed by atoms with Gasteiger partial charge in [-0.3, -0.25) is 0 Å². The van der Waals surface area contributed by atoms with Gasteiger partial charge in [0, 0.05) is 18.1 Å². The van der Waals surface area contributed by atoms with E-state index in [0.717, 1.165) is 6.04 Å². The molecule has 3 atom stereocenters. The zero-order valence-corrected chi connectivity index (χ0v) is 9.27. The van der Waals surface area contributed by atoms with Crippen molar-refractivity contribution < 1.29 is 0 Å². The molecule has 2 heteroatoms. The molecule has 2 N–H and O–H groups in total. The van der Waals surface area contributed by atoms with Crippen LogP contribution in [0.15, 0.2) is 0 Å². The van der Waals surface area contributed by atoms with Crippen LogP contribution in [0.4, 0.5) is 0 Å². The van der Waals surface area contributed by atoms with Gasteiger partial charge in [-0.15, -0.1) is 0 Å². The van der Waals surface area contributed by atoms with Crippen LogP contribution in [-0.2, 0) is 0 Å². The third kappa shape index (κ3) is 4.10. The van der Waals surface area contributed by atoms with E-state index in [1.165, 1.54) is 32.2 Å². The van der Waals surface area contributed by atoms with Crippen LogP contribution in [0, 0.1) is 0 Å². The lowest BCUT2D eigenvalue weighted by atomic mass is 10.1. The van der Waals surface area contributed by atoms with E-state index in [-0.39, 0.29) is 0 Å². The Morgan fingerprint density at radius 3 is 2.69 bits per heavy atom. The van der Waals surface area contributed by atoms with Crippen LogP contribution in [-0.4, -0.2) is 24.7 Å². The summed E-state index contributed by atoms with van der Waals surface area (Å²) in [4.78, 5) is 0. The van der Waals surface area contributed by atoms with Gasteiger partial charge >= 0.3 is 0 Å². The topological polar surface area (TPSA) is 24.1 Å². The summed E-state index contributed by atoms with van der Waals surface area (Å²) in [5.74, 6) is 0. The first-order chi connectivity index (χ1) is 6.22. The third-order valence-corrected chi connectivity index (χ3v) is 2.98. The van der Waals surface area contributed by atoms with Gasteiger partial charge in [0.15, 0.2) is 0 Å². The van der Waals surface area contributed by atoms with Crippen LogP contribution < -0.4 is 10.6 Å². The highest BCUT2D eigenvalue weighted by Gasteiger charge is 2.17. The first-order valence-electron chi connectivity index (χ1n) is 5.71. The normalized spacial score (nSPS) is 27.5. The molecule has 0 amide bonds. The molecule has 2 nitrogen and oxygen atoms in total. The minimum absolute atomic E-state index is 0.658. The highest BCUT2D eigenvalue weighted by molar-refractivity contribution is 4.79. The lowest BCUT2D eigenvalue weighted by Crippen LogP contribution is -2.38. The van der Waals surface area contributed by atoms with E-state index in [0.29, 0.717) is 12.1 Å². The fraction of sp³-hybridized carbons (Fsp3) is 1.00. The van der Waals surface area contributed by atoms with Gasteiger partial charge in [0.05, 0.1) is 0 Å². The van der Waals surface area contributed by atoms with E-state index in [2.05, 4.69) is 31.4 Å². The van der Waals surface area contributed by atoms with Crippen molar-refractivity contribution in [3.63, 3.8) is 0 Å². The molecule has 0 saturated carbocycles. The monoisotopic (exact) mass is 184 g/mol. The summed E-state index contributed by atoms with van der Waals surface area (Å²) in [5, 5.41) is 7.16. The zero-order valence-electron chi connectivity index (χ0n) is 9.27. The van der Waals surface area contributed by atoms with E-state index in [1.54, 1.807) is 0 Å². The molecule has 1 saturated heterocycles. The SMILES string of the molecule is CCC(C)NC(C)CC1CCCN1. The van der Waals surface area contributed by atoms with Gasteiger partial charge in [-0.05, 0) is 46.1 Å². The molecular formula is C11H24N2. The molecule has 78 valence electrons. The maximum Gasteiger partial charge on any atom is 0.00822 e. The molecule has 0 spiro atoms. The second-order valence-corrected chi connectivity index (χ2v) is 4.41. The smallest absolute Gasteiger partial charge is 0.00822 e. The van der Waals surface area contributed by atoms with Crippen molar-refractivity contribution >= 4 is 0 Å². The summed E-state index contributed by atoms with van der Waals surface area (Å²) in [6, 6.07) is 2.09. The Labute approximate surface area is 82.5 Å². The summed E-state index contributed by atoms with van der Waals surface area (Å²) >= 11 is 0. The van der Waals surface area contributed by atoms with Gasteiger partial charge in [0.25, 0.3) is 0 Å². The minimum atomic E-state index is 0.658. The van der Waals surface area contributed by atoms with Gasteiger partial charge in [-0.2, -0.15) is 0 Å². The van der Waals surface area contributed by atoms with E-state index in [1.807, 2.05) is 0 Å². The molecule has 1 fully saturated rings. The summed E-state index contributed by atoms with van der Waals surface area (Å²) in [7, 11) is 0. The average molecular weight is 184 g/mol. The van der Waals surface area contributed by atoms with Gasteiger partial charge in [-0.25, -0.2) is 0 Å². The molecule has 13 heavy (non-hydrogen) atoms. The van der Waals surface area contributed by atoms with Gasteiger partial charge in [0.2, 0.25) is 0 Å². The Hall–Kier alpha value is -0.0800. The lowest BCUT2D eigenvalue weighted by Gasteiger charge is -2.21. The Bertz CT molecular complexity index is 130. The van der Waals surface area contributed by atoms with Gasteiger partial charge in [0.1, 0.15) is 0 Å². The number of rotatable bonds is 5. The zero-order chi connectivity index (χ0) is 9.68. The van der Waals surface area contributed by atoms with Crippen molar-refractivity contribution in [2.24, 2.45) is 0 Å². The molecule has 3 unspecified atom stereocenters. The van der Waals surface area contributed by atoms with E-state index in [9.17, 15) is 0 Å². The summed E-state index contributed by atoms with van der Waals surface area (Å²) in [6.45, 7) is 8.02. The van der Waals surface area contributed by atoms with Crippen LogP contribution in [0.3, 0.4) is 0 Å². The van der Waals surface area contributed by atoms with E-state index >= 15 is 0 Å². The Balaban J connectivity index is 2.12. The van der Waals surface area contributed by atoms with Crippen molar-refractivity contribution in [1.82, 2.24) is 10.6 Å². The molecule has 0 aliphatic carbocycles. The molecular weight excluding hydrogens is 160 g/mol. The molecule has 1 aliphatic heterocycles. The van der Waals surface area contributed by atoms with E-state index in [4.69, 9.17) is 0 Å². The molecule has 0 bridgehead atoms. The highest BCUT2D eigenvalue weighted by atomic mass is 15.0. The lowest BCUT2D eigenvalue weighted by molar-refractivity contribution is 0.397. The quantitative estimate of drug-likeness (QED) is 0.682.